The Bertz CT molecular complexity index is 830. The lowest BCUT2D eigenvalue weighted by Gasteiger charge is -2.24. The van der Waals surface area contributed by atoms with Crippen LogP contribution >= 0.6 is 7.82 Å². The number of carbonyl (C=O) groups excluding carboxylic acids is 2. The first-order chi connectivity index (χ1) is 22.5. The van der Waals surface area contributed by atoms with Gasteiger partial charge in [-0.15, -0.1) is 0 Å². The van der Waals surface area contributed by atoms with Gasteiger partial charge in [0.15, 0.2) is 6.10 Å². The van der Waals surface area contributed by atoms with Gasteiger partial charge in [0.25, 0.3) is 0 Å². The van der Waals surface area contributed by atoms with Gasteiger partial charge in [-0.3, -0.25) is 18.6 Å². The molecule has 0 radical (unpaired) electrons. The van der Waals surface area contributed by atoms with E-state index >= 15 is 0 Å². The highest BCUT2D eigenvalue weighted by atomic mass is 31.2. The summed E-state index contributed by atoms with van der Waals surface area (Å²) in [5, 5.41) is 0. The first-order valence-corrected chi connectivity index (χ1v) is 20.4. The highest BCUT2D eigenvalue weighted by Crippen LogP contribution is 2.43. The number of rotatable bonds is 34. The highest BCUT2D eigenvalue weighted by molar-refractivity contribution is 7.47. The average molecular weight is 691 g/mol. The van der Waals surface area contributed by atoms with Crippen molar-refractivity contribution >= 4 is 19.8 Å². The summed E-state index contributed by atoms with van der Waals surface area (Å²) < 4.78 is 34.0. The molecule has 278 valence electrons. The van der Waals surface area contributed by atoms with Crippen molar-refractivity contribution in [3.63, 3.8) is 0 Å². The molecule has 9 nitrogen and oxygen atoms in total. The predicted octanol–water partition coefficient (Wildman–Crippen LogP) is 9.85. The van der Waals surface area contributed by atoms with Crippen LogP contribution in [0.5, 0.6) is 0 Å². The zero-order valence-electron chi connectivity index (χ0n) is 31.0. The van der Waals surface area contributed by atoms with E-state index < -0.39 is 26.5 Å². The SMILES string of the molecule is CCCCCCCCCCCCC/C=C/CCC(=O)O[C@H](COC(=O)CCCCCCCCCC)COP(=O)(O)OCC[N+](C)(C)C. The number of phosphoric ester groups is 1. The van der Waals surface area contributed by atoms with E-state index in [0.717, 1.165) is 32.1 Å². The Morgan fingerprint density at radius 3 is 1.66 bits per heavy atom. The van der Waals surface area contributed by atoms with Crippen molar-refractivity contribution in [1.82, 2.24) is 0 Å². The minimum atomic E-state index is -4.37. The third-order valence-corrected chi connectivity index (χ3v) is 9.04. The summed E-state index contributed by atoms with van der Waals surface area (Å²) >= 11 is 0. The molecule has 47 heavy (non-hydrogen) atoms. The predicted molar refractivity (Wildman–Crippen MR) is 192 cm³/mol. The molecule has 10 heteroatoms. The maximum absolute atomic E-state index is 12.6. The second kappa shape index (κ2) is 30.8. The van der Waals surface area contributed by atoms with Crippen LogP contribution in [0.3, 0.4) is 0 Å². The number of esters is 2. The highest BCUT2D eigenvalue weighted by Gasteiger charge is 2.27. The molecule has 0 aromatic rings. The Hall–Kier alpha value is -1.25. The maximum atomic E-state index is 12.6. The summed E-state index contributed by atoms with van der Waals surface area (Å²) in [4.78, 5) is 35.0. The summed E-state index contributed by atoms with van der Waals surface area (Å²) in [6.45, 7) is 4.34. The number of allylic oxidation sites excluding steroid dienone is 2. The summed E-state index contributed by atoms with van der Waals surface area (Å²) in [6.07, 6.45) is 28.5. The van der Waals surface area contributed by atoms with Gasteiger partial charge in [0.05, 0.1) is 27.7 Å². The van der Waals surface area contributed by atoms with Gasteiger partial charge in [0.1, 0.15) is 19.8 Å². The van der Waals surface area contributed by atoms with Crippen LogP contribution in [-0.2, 0) is 32.7 Å². The molecule has 0 saturated carbocycles. The van der Waals surface area contributed by atoms with Gasteiger partial charge in [-0.05, 0) is 25.7 Å². The normalized spacial score (nSPS) is 13.9. The quantitative estimate of drug-likeness (QED) is 0.0234. The number of phosphoric acid groups is 1. The molecule has 1 N–H and O–H groups in total. The Balaban J connectivity index is 4.45. The Labute approximate surface area is 288 Å². The van der Waals surface area contributed by atoms with Crippen LogP contribution in [0.1, 0.15) is 162 Å². The number of likely N-dealkylation sites (N-methyl/N-ethyl adjacent to an activating group) is 1. The van der Waals surface area contributed by atoms with E-state index in [1.165, 1.54) is 96.3 Å². The molecule has 2 atom stereocenters. The van der Waals surface area contributed by atoms with Gasteiger partial charge in [0, 0.05) is 12.8 Å². The number of hydrogen-bond donors (Lipinski definition) is 1. The fourth-order valence-corrected chi connectivity index (χ4v) is 5.77. The van der Waals surface area contributed by atoms with E-state index in [0.29, 0.717) is 17.4 Å². The number of ether oxygens (including phenoxy) is 2. The molecule has 0 aliphatic rings. The molecule has 0 spiro atoms. The fourth-order valence-electron chi connectivity index (χ4n) is 5.03. The van der Waals surface area contributed by atoms with Crippen molar-refractivity contribution in [1.29, 1.82) is 0 Å². The molecule has 1 unspecified atom stereocenters. The van der Waals surface area contributed by atoms with E-state index in [1.807, 2.05) is 27.2 Å². The lowest BCUT2D eigenvalue weighted by molar-refractivity contribution is -0.870. The second-order valence-corrected chi connectivity index (χ2v) is 15.4. The first kappa shape index (κ1) is 45.8. The van der Waals surface area contributed by atoms with Gasteiger partial charge < -0.3 is 18.9 Å². The second-order valence-electron chi connectivity index (χ2n) is 14.0. The lowest BCUT2D eigenvalue weighted by Crippen LogP contribution is -2.37. The summed E-state index contributed by atoms with van der Waals surface area (Å²) in [6, 6.07) is 0. The van der Waals surface area contributed by atoms with Crippen LogP contribution in [0.2, 0.25) is 0 Å². The molecule has 0 aromatic carbocycles. The van der Waals surface area contributed by atoms with Crippen LogP contribution in [0.4, 0.5) is 0 Å². The van der Waals surface area contributed by atoms with Gasteiger partial charge >= 0.3 is 19.8 Å². The van der Waals surface area contributed by atoms with E-state index in [-0.39, 0.29) is 32.0 Å². The summed E-state index contributed by atoms with van der Waals surface area (Å²) in [7, 11) is 1.46. The van der Waals surface area contributed by atoms with Crippen LogP contribution < -0.4 is 0 Å². The van der Waals surface area contributed by atoms with Crippen LogP contribution in [0.25, 0.3) is 0 Å². The number of nitrogens with zero attached hydrogens (tertiary/aromatic N) is 1. The number of quaternary nitrogens is 1. The van der Waals surface area contributed by atoms with E-state index in [9.17, 15) is 19.0 Å². The van der Waals surface area contributed by atoms with Crippen LogP contribution in [0, 0.1) is 0 Å². The Kier molecular flexibility index (Phi) is 30.0. The Morgan fingerprint density at radius 1 is 0.638 bits per heavy atom. The first-order valence-electron chi connectivity index (χ1n) is 18.9. The molecule has 0 aromatic heterocycles. The van der Waals surface area contributed by atoms with Crippen molar-refractivity contribution in [3.05, 3.63) is 12.2 Å². The zero-order chi connectivity index (χ0) is 35.1. The minimum Gasteiger partial charge on any atom is -0.462 e. The van der Waals surface area contributed by atoms with Gasteiger partial charge in [-0.25, -0.2) is 4.57 Å². The lowest BCUT2D eigenvalue weighted by atomic mass is 10.1. The third kappa shape index (κ3) is 34.4. The minimum absolute atomic E-state index is 0.0286. The van der Waals surface area contributed by atoms with Crippen LogP contribution in [0.15, 0.2) is 12.2 Å². The van der Waals surface area contributed by atoms with Crippen molar-refractivity contribution in [2.75, 3.05) is 47.5 Å². The maximum Gasteiger partial charge on any atom is 0.472 e. The molecule has 0 aliphatic heterocycles. The number of carbonyl (C=O) groups is 2. The standard InChI is InChI=1S/C37H72NO8P/c1-6-8-10-12-14-16-17-18-19-20-21-22-24-26-28-30-37(40)46-35(34-45-47(41,42)44-32-31-38(3,4)5)33-43-36(39)29-27-25-23-15-13-11-9-7-2/h24,26,35H,6-23,25,27-34H2,1-5H3/p+1/b26-24+/t35-/m1/s1. The van der Waals surface area contributed by atoms with Crippen molar-refractivity contribution in [2.24, 2.45) is 0 Å². The molecule has 0 fully saturated rings. The molecule has 0 rings (SSSR count). The smallest absolute Gasteiger partial charge is 0.462 e. The van der Waals surface area contributed by atoms with E-state index in [1.54, 1.807) is 0 Å². The molecule has 0 amide bonds. The molecular formula is C37H73NO8P+. The monoisotopic (exact) mass is 691 g/mol. The average Bonchev–Trinajstić information content (AvgIpc) is 3.01. The van der Waals surface area contributed by atoms with Gasteiger partial charge in [-0.2, -0.15) is 0 Å². The third-order valence-electron chi connectivity index (χ3n) is 8.06. The molecule has 0 aliphatic carbocycles. The largest absolute Gasteiger partial charge is 0.472 e. The Morgan fingerprint density at radius 2 is 1.13 bits per heavy atom. The number of unbranched alkanes of at least 4 members (excludes halogenated alkanes) is 18. The van der Waals surface area contributed by atoms with Crippen molar-refractivity contribution in [3.8, 4) is 0 Å². The molecule has 0 bridgehead atoms. The summed E-state index contributed by atoms with van der Waals surface area (Å²) in [5.41, 5.74) is 0. The topological polar surface area (TPSA) is 108 Å². The molecule has 0 saturated heterocycles. The molecular weight excluding hydrogens is 617 g/mol. The fraction of sp³-hybridized carbons (Fsp3) is 0.892. The van der Waals surface area contributed by atoms with Gasteiger partial charge in [0.2, 0.25) is 0 Å². The van der Waals surface area contributed by atoms with Crippen molar-refractivity contribution < 1.29 is 42.1 Å². The van der Waals surface area contributed by atoms with Crippen molar-refractivity contribution in [2.45, 2.75) is 168 Å². The van der Waals surface area contributed by atoms with E-state index in [4.69, 9.17) is 18.5 Å². The van der Waals surface area contributed by atoms with Crippen LogP contribution in [-0.4, -0.2) is 74.9 Å². The van der Waals surface area contributed by atoms with E-state index in [2.05, 4.69) is 19.9 Å². The molecule has 0 heterocycles. The summed E-state index contributed by atoms with van der Waals surface area (Å²) in [5.74, 6) is -0.857. The van der Waals surface area contributed by atoms with Gasteiger partial charge in [-0.1, -0.05) is 135 Å². The number of hydrogen-bond acceptors (Lipinski definition) is 7. The zero-order valence-corrected chi connectivity index (χ0v) is 31.9.